The summed E-state index contributed by atoms with van der Waals surface area (Å²) in [5, 5.41) is -0.415. The van der Waals surface area contributed by atoms with Gasteiger partial charge in [0.1, 0.15) is 12.4 Å². The van der Waals surface area contributed by atoms with Crippen molar-refractivity contribution in [1.82, 2.24) is 13.9 Å². The molecule has 0 atom stereocenters. The monoisotopic (exact) mass is 319 g/mol. The zero-order chi connectivity index (χ0) is 14.8. The van der Waals surface area contributed by atoms with E-state index in [1.54, 1.807) is 14.0 Å². The Balaban J connectivity index is 3.12. The van der Waals surface area contributed by atoms with Gasteiger partial charge in [-0.1, -0.05) is 0 Å². The highest BCUT2D eigenvalue weighted by molar-refractivity contribution is 7.89. The normalized spacial score (nSPS) is 13.2. The fourth-order valence-corrected chi connectivity index (χ4v) is 3.12. The number of hydrogen-bond donors (Lipinski definition) is 0. The number of halogens is 4. The van der Waals surface area contributed by atoms with Crippen LogP contribution in [0.5, 0.6) is 0 Å². The van der Waals surface area contributed by atoms with Crippen molar-refractivity contribution in [2.24, 2.45) is 7.05 Å². The quantitative estimate of drug-likeness (QED) is 0.773. The van der Waals surface area contributed by atoms with Crippen LogP contribution in [0.15, 0.2) is 11.2 Å². The highest BCUT2D eigenvalue weighted by Gasteiger charge is 2.37. The number of hydrogen-bond acceptors (Lipinski definition) is 3. The van der Waals surface area contributed by atoms with Crippen LogP contribution in [0.1, 0.15) is 5.82 Å². The van der Waals surface area contributed by atoms with Gasteiger partial charge in [-0.15, -0.1) is 11.6 Å². The third kappa shape index (κ3) is 4.08. The first kappa shape index (κ1) is 16.3. The minimum absolute atomic E-state index is 0.235. The molecule has 5 nitrogen and oxygen atoms in total. The molecular weight excluding hydrogens is 307 g/mol. The molecule has 1 rings (SSSR count). The van der Waals surface area contributed by atoms with E-state index in [0.717, 1.165) is 0 Å². The van der Waals surface area contributed by atoms with Gasteiger partial charge in [-0.3, -0.25) is 0 Å². The molecule has 0 aliphatic rings. The smallest absolute Gasteiger partial charge is 0.337 e. The lowest BCUT2D eigenvalue weighted by molar-refractivity contribution is -0.135. The van der Waals surface area contributed by atoms with Crippen molar-refractivity contribution in [3.63, 3.8) is 0 Å². The molecule has 110 valence electrons. The molecule has 0 aliphatic carbocycles. The Morgan fingerprint density at radius 2 is 2.05 bits per heavy atom. The molecule has 19 heavy (non-hydrogen) atoms. The van der Waals surface area contributed by atoms with Crippen molar-refractivity contribution in [2.75, 3.05) is 19.0 Å². The zero-order valence-electron chi connectivity index (χ0n) is 10.3. The summed E-state index contributed by atoms with van der Waals surface area (Å²) in [5.41, 5.74) is 0. The summed E-state index contributed by atoms with van der Waals surface area (Å²) in [4.78, 5) is 3.74. The van der Waals surface area contributed by atoms with Gasteiger partial charge in [0.2, 0.25) is 0 Å². The average molecular weight is 320 g/mol. The third-order valence-corrected chi connectivity index (χ3v) is 4.27. The fraction of sp³-hybridized carbons (Fsp3) is 0.667. The largest absolute Gasteiger partial charge is 0.402 e. The first-order valence-corrected chi connectivity index (χ1v) is 7.18. The molecule has 1 aromatic rings. The van der Waals surface area contributed by atoms with E-state index >= 15 is 0 Å². The Labute approximate surface area is 114 Å². The van der Waals surface area contributed by atoms with E-state index < -0.39 is 34.3 Å². The summed E-state index contributed by atoms with van der Waals surface area (Å²) in [6.07, 6.45) is -3.47. The van der Waals surface area contributed by atoms with Gasteiger partial charge < -0.3 is 4.57 Å². The maximum Gasteiger partial charge on any atom is 0.402 e. The SMILES string of the molecule is Cc1nc(S(=O)(=O)N(CCCl)CC(F)(F)F)cn1C. The van der Waals surface area contributed by atoms with Crippen molar-refractivity contribution in [3.05, 3.63) is 12.0 Å². The molecule has 1 aromatic heterocycles. The highest BCUT2D eigenvalue weighted by Crippen LogP contribution is 2.22. The van der Waals surface area contributed by atoms with Gasteiger partial charge in [0, 0.05) is 25.7 Å². The topological polar surface area (TPSA) is 55.2 Å². The molecule has 0 bridgehead atoms. The summed E-state index contributed by atoms with van der Waals surface area (Å²) in [7, 11) is -2.75. The molecule has 0 radical (unpaired) electrons. The molecule has 0 saturated carbocycles. The molecule has 0 spiro atoms. The highest BCUT2D eigenvalue weighted by atomic mass is 35.5. The average Bonchev–Trinajstić information content (AvgIpc) is 2.57. The first-order valence-electron chi connectivity index (χ1n) is 5.21. The van der Waals surface area contributed by atoms with Crippen LogP contribution >= 0.6 is 11.6 Å². The van der Waals surface area contributed by atoms with Crippen LogP contribution in [0.4, 0.5) is 13.2 Å². The second-order valence-electron chi connectivity index (χ2n) is 3.88. The van der Waals surface area contributed by atoms with E-state index in [1.807, 2.05) is 0 Å². The van der Waals surface area contributed by atoms with Gasteiger partial charge in [0.15, 0.2) is 5.03 Å². The minimum atomic E-state index is -4.64. The summed E-state index contributed by atoms with van der Waals surface area (Å²) in [6, 6.07) is 0. The molecule has 0 saturated heterocycles. The maximum atomic E-state index is 12.4. The molecule has 0 aromatic carbocycles. The van der Waals surface area contributed by atoms with Gasteiger partial charge >= 0.3 is 6.18 Å². The van der Waals surface area contributed by atoms with Gasteiger partial charge in [0.05, 0.1) is 0 Å². The lowest BCUT2D eigenvalue weighted by Crippen LogP contribution is -2.40. The second-order valence-corrected chi connectivity index (χ2v) is 6.14. The van der Waals surface area contributed by atoms with E-state index in [-0.39, 0.29) is 10.2 Å². The molecule has 10 heteroatoms. The number of aromatic nitrogens is 2. The van der Waals surface area contributed by atoms with Crippen LogP contribution in [0, 0.1) is 6.92 Å². The summed E-state index contributed by atoms with van der Waals surface area (Å²) < 4.78 is 63.0. The summed E-state index contributed by atoms with van der Waals surface area (Å²) >= 11 is 5.36. The van der Waals surface area contributed by atoms with E-state index in [0.29, 0.717) is 5.82 Å². The first-order chi connectivity index (χ1) is 8.58. The fourth-order valence-electron chi connectivity index (χ4n) is 1.36. The molecule has 0 fully saturated rings. The maximum absolute atomic E-state index is 12.4. The van der Waals surface area contributed by atoms with Gasteiger partial charge in [-0.2, -0.15) is 17.5 Å². The Bertz CT molecular complexity index is 522. The lowest BCUT2D eigenvalue weighted by atomic mass is 10.6. The predicted molar refractivity (Wildman–Crippen MR) is 63.5 cm³/mol. The van der Waals surface area contributed by atoms with Crippen LogP contribution in [0.25, 0.3) is 0 Å². The van der Waals surface area contributed by atoms with Crippen molar-refractivity contribution in [1.29, 1.82) is 0 Å². The summed E-state index contributed by atoms with van der Waals surface area (Å²) in [6.45, 7) is -0.467. The zero-order valence-corrected chi connectivity index (χ0v) is 11.8. The van der Waals surface area contributed by atoms with Crippen LogP contribution in [-0.4, -0.2) is 47.4 Å². The Morgan fingerprint density at radius 3 is 2.42 bits per heavy atom. The predicted octanol–water partition coefficient (Wildman–Crippen LogP) is 1.52. The van der Waals surface area contributed by atoms with E-state index in [9.17, 15) is 21.6 Å². The van der Waals surface area contributed by atoms with Gasteiger partial charge in [-0.05, 0) is 6.92 Å². The van der Waals surface area contributed by atoms with Gasteiger partial charge in [-0.25, -0.2) is 13.4 Å². The van der Waals surface area contributed by atoms with Crippen LogP contribution in [-0.2, 0) is 17.1 Å². The van der Waals surface area contributed by atoms with Crippen molar-refractivity contribution in [2.45, 2.75) is 18.1 Å². The number of sulfonamides is 1. The van der Waals surface area contributed by atoms with Crippen molar-refractivity contribution >= 4 is 21.6 Å². The Morgan fingerprint density at radius 1 is 1.47 bits per heavy atom. The third-order valence-electron chi connectivity index (χ3n) is 2.38. The molecule has 0 N–H and O–H groups in total. The molecule has 0 aliphatic heterocycles. The standard InChI is InChI=1S/C9H13ClF3N3O2S/c1-7-14-8(5-15(7)2)19(17,18)16(4-3-10)6-9(11,12)13/h5H,3-4,6H2,1-2H3. The molecular formula is C9H13ClF3N3O2S. The molecule has 0 unspecified atom stereocenters. The minimum Gasteiger partial charge on any atom is -0.337 e. The van der Waals surface area contributed by atoms with E-state index in [2.05, 4.69) is 4.98 Å². The number of alkyl halides is 4. The number of rotatable bonds is 5. The van der Waals surface area contributed by atoms with Gasteiger partial charge in [0.25, 0.3) is 10.0 Å². The Hall–Kier alpha value is -0.800. The van der Waals surface area contributed by atoms with Crippen LogP contribution in [0.3, 0.4) is 0 Å². The van der Waals surface area contributed by atoms with Crippen LogP contribution in [0.2, 0.25) is 0 Å². The number of imidazole rings is 1. The second kappa shape index (κ2) is 5.68. The number of aryl methyl sites for hydroxylation is 2. The summed E-state index contributed by atoms with van der Waals surface area (Å²) in [5.74, 6) is 0.151. The van der Waals surface area contributed by atoms with E-state index in [1.165, 1.54) is 10.8 Å². The lowest BCUT2D eigenvalue weighted by Gasteiger charge is -2.21. The van der Waals surface area contributed by atoms with Crippen molar-refractivity contribution < 1.29 is 21.6 Å². The number of nitrogens with zero attached hydrogens (tertiary/aromatic N) is 3. The Kier molecular flexibility index (Phi) is 4.86. The molecule has 1 heterocycles. The van der Waals surface area contributed by atoms with Crippen molar-refractivity contribution in [3.8, 4) is 0 Å². The van der Waals surface area contributed by atoms with E-state index in [4.69, 9.17) is 11.6 Å². The molecule has 0 amide bonds. The van der Waals surface area contributed by atoms with Crippen LogP contribution < -0.4 is 0 Å².